The molecular formula is C27H23N3O7. The van der Waals surface area contributed by atoms with E-state index in [4.69, 9.17) is 14.2 Å². The first-order valence-corrected chi connectivity index (χ1v) is 11.1. The van der Waals surface area contributed by atoms with Gasteiger partial charge in [0, 0.05) is 29.4 Å². The summed E-state index contributed by atoms with van der Waals surface area (Å²) in [5, 5.41) is 23.1. The minimum Gasteiger partial charge on any atom is -0.497 e. The molecule has 0 aromatic heterocycles. The molecule has 0 heterocycles. The van der Waals surface area contributed by atoms with Crippen LogP contribution in [0.15, 0.2) is 72.3 Å². The summed E-state index contributed by atoms with van der Waals surface area (Å²) in [5.41, 5.74) is 1.65. The molecule has 0 aliphatic rings. The lowest BCUT2D eigenvalue weighted by molar-refractivity contribution is -0.384. The highest BCUT2D eigenvalue weighted by Crippen LogP contribution is 2.28. The number of hydrogen-bond donors (Lipinski definition) is 1. The van der Waals surface area contributed by atoms with Crippen LogP contribution in [0.5, 0.6) is 11.5 Å². The number of hydrogen-bond acceptors (Lipinski definition) is 8. The van der Waals surface area contributed by atoms with Gasteiger partial charge >= 0.3 is 5.97 Å². The number of esters is 1. The summed E-state index contributed by atoms with van der Waals surface area (Å²) in [6.45, 7) is 2.04. The van der Waals surface area contributed by atoms with Crippen molar-refractivity contribution < 1.29 is 28.7 Å². The number of carbonyl (C=O) groups is 2. The van der Waals surface area contributed by atoms with E-state index in [1.807, 2.05) is 6.07 Å². The first-order chi connectivity index (χ1) is 17.8. The number of non-ortho nitro benzene ring substituents is 1. The molecule has 0 aliphatic heterocycles. The van der Waals surface area contributed by atoms with Gasteiger partial charge in [-0.1, -0.05) is 0 Å². The Morgan fingerprint density at radius 3 is 2.38 bits per heavy atom. The predicted molar refractivity (Wildman–Crippen MR) is 135 cm³/mol. The van der Waals surface area contributed by atoms with Crippen LogP contribution in [0.25, 0.3) is 6.08 Å². The van der Waals surface area contributed by atoms with Crippen LogP contribution in [-0.2, 0) is 16.1 Å². The summed E-state index contributed by atoms with van der Waals surface area (Å²) >= 11 is 0. The molecule has 0 saturated carbocycles. The number of methoxy groups -OCH3 is 1. The van der Waals surface area contributed by atoms with E-state index in [0.29, 0.717) is 33.9 Å². The minimum absolute atomic E-state index is 0.0334. The normalized spacial score (nSPS) is 10.7. The Balaban J connectivity index is 1.78. The molecule has 3 rings (SSSR count). The van der Waals surface area contributed by atoms with E-state index >= 15 is 0 Å². The molecule has 0 saturated heterocycles. The SMILES string of the molecule is CCOC(=O)c1ccc(NC(=O)/C(C#N)=C/c2ccc(OC)cc2OCc2ccc([N+](=O)[O-])cc2)cc1. The topological polar surface area (TPSA) is 141 Å². The third-order valence-corrected chi connectivity index (χ3v) is 5.08. The van der Waals surface area contributed by atoms with E-state index in [2.05, 4.69) is 5.32 Å². The van der Waals surface area contributed by atoms with Gasteiger partial charge in [-0.15, -0.1) is 0 Å². The van der Waals surface area contributed by atoms with Crippen molar-refractivity contribution in [2.75, 3.05) is 19.0 Å². The molecule has 10 heteroatoms. The van der Waals surface area contributed by atoms with Gasteiger partial charge in [0.25, 0.3) is 11.6 Å². The van der Waals surface area contributed by atoms with Gasteiger partial charge < -0.3 is 19.5 Å². The Hall–Kier alpha value is -5.17. The van der Waals surface area contributed by atoms with Crippen LogP contribution in [0.4, 0.5) is 11.4 Å². The first-order valence-electron chi connectivity index (χ1n) is 11.1. The number of ether oxygens (including phenoxy) is 3. The van der Waals surface area contributed by atoms with Crippen molar-refractivity contribution in [2.24, 2.45) is 0 Å². The number of carbonyl (C=O) groups excluding carboxylic acids is 2. The van der Waals surface area contributed by atoms with Crippen molar-refractivity contribution in [3.63, 3.8) is 0 Å². The highest BCUT2D eigenvalue weighted by molar-refractivity contribution is 6.10. The Morgan fingerprint density at radius 2 is 1.78 bits per heavy atom. The molecule has 0 radical (unpaired) electrons. The maximum atomic E-state index is 12.8. The molecule has 1 amide bonds. The second-order valence-electron chi connectivity index (χ2n) is 7.54. The maximum absolute atomic E-state index is 12.8. The molecule has 0 atom stereocenters. The van der Waals surface area contributed by atoms with Crippen molar-refractivity contribution in [2.45, 2.75) is 13.5 Å². The zero-order chi connectivity index (χ0) is 26.8. The summed E-state index contributed by atoms with van der Waals surface area (Å²) in [6, 6.07) is 18.8. The Kier molecular flexibility index (Phi) is 8.94. The fraction of sp³-hybridized carbons (Fsp3) is 0.148. The fourth-order valence-corrected chi connectivity index (χ4v) is 3.17. The number of anilines is 1. The molecule has 0 unspecified atom stereocenters. The van der Waals surface area contributed by atoms with Crippen LogP contribution >= 0.6 is 0 Å². The van der Waals surface area contributed by atoms with E-state index in [9.17, 15) is 25.0 Å². The summed E-state index contributed by atoms with van der Waals surface area (Å²) in [7, 11) is 1.49. The molecule has 1 N–H and O–H groups in total. The van der Waals surface area contributed by atoms with E-state index in [1.165, 1.54) is 49.6 Å². The summed E-state index contributed by atoms with van der Waals surface area (Å²) < 4.78 is 16.1. The molecule has 188 valence electrons. The average molecular weight is 501 g/mol. The molecule has 10 nitrogen and oxygen atoms in total. The van der Waals surface area contributed by atoms with Gasteiger partial charge in [0.1, 0.15) is 29.7 Å². The highest BCUT2D eigenvalue weighted by atomic mass is 16.6. The van der Waals surface area contributed by atoms with Crippen molar-refractivity contribution in [3.8, 4) is 17.6 Å². The number of nitro benzene ring substituents is 1. The van der Waals surface area contributed by atoms with Crippen LogP contribution in [-0.4, -0.2) is 30.5 Å². The smallest absolute Gasteiger partial charge is 0.338 e. The summed E-state index contributed by atoms with van der Waals surface area (Å²) in [4.78, 5) is 34.9. The van der Waals surface area contributed by atoms with E-state index in [-0.39, 0.29) is 24.5 Å². The number of nitrogens with one attached hydrogen (secondary N) is 1. The van der Waals surface area contributed by atoms with Crippen molar-refractivity contribution in [3.05, 3.63) is 99.1 Å². The minimum atomic E-state index is -0.650. The molecule has 0 aliphatic carbocycles. The number of nitrogens with zero attached hydrogens (tertiary/aromatic N) is 2. The quantitative estimate of drug-likeness (QED) is 0.136. The van der Waals surface area contributed by atoms with Crippen LogP contribution in [0, 0.1) is 21.4 Å². The van der Waals surface area contributed by atoms with Crippen LogP contribution in [0.2, 0.25) is 0 Å². The van der Waals surface area contributed by atoms with Crippen molar-refractivity contribution >= 4 is 29.3 Å². The lowest BCUT2D eigenvalue weighted by atomic mass is 10.1. The lowest BCUT2D eigenvalue weighted by Crippen LogP contribution is -2.14. The van der Waals surface area contributed by atoms with Gasteiger partial charge in [0.2, 0.25) is 0 Å². The van der Waals surface area contributed by atoms with E-state index in [1.54, 1.807) is 37.3 Å². The Bertz CT molecular complexity index is 1360. The molecule has 0 bridgehead atoms. The second-order valence-corrected chi connectivity index (χ2v) is 7.54. The molecule has 3 aromatic rings. The molecule has 0 spiro atoms. The van der Waals surface area contributed by atoms with Crippen LogP contribution in [0.3, 0.4) is 0 Å². The van der Waals surface area contributed by atoms with Crippen molar-refractivity contribution in [1.29, 1.82) is 5.26 Å². The summed E-state index contributed by atoms with van der Waals surface area (Å²) in [5.74, 6) is -0.278. The molecule has 37 heavy (non-hydrogen) atoms. The van der Waals surface area contributed by atoms with Gasteiger partial charge in [-0.2, -0.15) is 5.26 Å². The van der Waals surface area contributed by atoms with Gasteiger partial charge in [-0.25, -0.2) is 4.79 Å². The number of nitro groups is 1. The molecular weight excluding hydrogens is 478 g/mol. The van der Waals surface area contributed by atoms with E-state index < -0.39 is 16.8 Å². The predicted octanol–water partition coefficient (Wildman–Crippen LogP) is 4.90. The van der Waals surface area contributed by atoms with Gasteiger partial charge in [-0.3, -0.25) is 14.9 Å². The van der Waals surface area contributed by atoms with Crippen LogP contribution < -0.4 is 14.8 Å². The fourth-order valence-electron chi connectivity index (χ4n) is 3.17. The van der Waals surface area contributed by atoms with Crippen LogP contribution in [0.1, 0.15) is 28.4 Å². The molecule has 0 fully saturated rings. The summed E-state index contributed by atoms with van der Waals surface area (Å²) in [6.07, 6.45) is 1.38. The Labute approximate surface area is 212 Å². The third kappa shape index (κ3) is 7.16. The van der Waals surface area contributed by atoms with Gasteiger partial charge in [0.05, 0.1) is 24.2 Å². The first kappa shape index (κ1) is 26.4. The maximum Gasteiger partial charge on any atom is 0.338 e. The number of benzene rings is 3. The third-order valence-electron chi connectivity index (χ3n) is 5.08. The second kappa shape index (κ2) is 12.5. The highest BCUT2D eigenvalue weighted by Gasteiger charge is 2.14. The van der Waals surface area contributed by atoms with Crippen molar-refractivity contribution in [1.82, 2.24) is 0 Å². The van der Waals surface area contributed by atoms with E-state index in [0.717, 1.165) is 0 Å². The lowest BCUT2D eigenvalue weighted by Gasteiger charge is -2.12. The largest absolute Gasteiger partial charge is 0.497 e. The Morgan fingerprint density at radius 1 is 1.08 bits per heavy atom. The van der Waals surface area contributed by atoms with Gasteiger partial charge in [0.15, 0.2) is 0 Å². The monoisotopic (exact) mass is 501 g/mol. The number of nitriles is 1. The number of rotatable bonds is 10. The number of amides is 1. The average Bonchev–Trinajstić information content (AvgIpc) is 2.91. The van der Waals surface area contributed by atoms with Gasteiger partial charge in [-0.05, 0) is 67.1 Å². The zero-order valence-corrected chi connectivity index (χ0v) is 20.1. The molecule has 3 aromatic carbocycles. The standard InChI is InChI=1S/C27H23N3O7/c1-3-36-27(32)19-6-9-22(10-7-19)29-26(31)21(16-28)14-20-8-13-24(35-2)15-25(20)37-17-18-4-11-23(12-5-18)30(33)34/h4-15H,3,17H2,1-2H3,(H,29,31)/b21-14+. The zero-order valence-electron chi connectivity index (χ0n) is 20.1.